The van der Waals surface area contributed by atoms with Gasteiger partial charge in [-0.15, -0.1) is 0 Å². The van der Waals surface area contributed by atoms with Crippen LogP contribution >= 0.6 is 0 Å². The Morgan fingerprint density at radius 3 is 2.50 bits per heavy atom. The maximum absolute atomic E-state index is 9.27. The molecule has 0 aromatic heterocycles. The molecule has 0 heterocycles. The molecule has 3 heteroatoms. The molecule has 2 nitrogen and oxygen atoms in total. The molecule has 2 N–H and O–H groups in total. The summed E-state index contributed by atoms with van der Waals surface area (Å²) in [5.74, 6) is 0. The van der Waals surface area contributed by atoms with E-state index in [-0.39, 0.29) is 5.41 Å². The van der Waals surface area contributed by atoms with E-state index in [0.29, 0.717) is 5.46 Å². The van der Waals surface area contributed by atoms with Gasteiger partial charge in [0.25, 0.3) is 0 Å². The van der Waals surface area contributed by atoms with E-state index < -0.39 is 7.12 Å². The van der Waals surface area contributed by atoms with Crippen LogP contribution in [0.15, 0.2) is 36.4 Å². The van der Waals surface area contributed by atoms with Gasteiger partial charge in [0.15, 0.2) is 0 Å². The predicted octanol–water partition coefficient (Wildman–Crippen LogP) is 1.82. The van der Waals surface area contributed by atoms with Crippen LogP contribution in [-0.2, 0) is 5.41 Å². The molecule has 3 rings (SSSR count). The summed E-state index contributed by atoms with van der Waals surface area (Å²) < 4.78 is 0. The monoisotopic (exact) mass is 238 g/mol. The molecular weight excluding hydrogens is 223 g/mol. The zero-order chi connectivity index (χ0) is 12.9. The second-order valence-corrected chi connectivity index (χ2v) is 5.44. The van der Waals surface area contributed by atoms with Gasteiger partial charge in [0, 0.05) is 5.41 Å². The number of hydrogen-bond acceptors (Lipinski definition) is 2. The highest BCUT2D eigenvalue weighted by Gasteiger charge is 2.26. The predicted molar refractivity (Wildman–Crippen MR) is 75.8 cm³/mol. The van der Waals surface area contributed by atoms with E-state index in [9.17, 15) is 10.0 Å². The smallest absolute Gasteiger partial charge is 0.423 e. The van der Waals surface area contributed by atoms with Crippen LogP contribution in [0.25, 0.3) is 16.8 Å². The lowest BCUT2D eigenvalue weighted by atomic mass is 9.78. The van der Waals surface area contributed by atoms with E-state index in [1.165, 1.54) is 11.1 Å². The number of benzene rings is 2. The topological polar surface area (TPSA) is 40.5 Å². The van der Waals surface area contributed by atoms with Crippen molar-refractivity contribution in [1.82, 2.24) is 0 Å². The Morgan fingerprint density at radius 1 is 1.06 bits per heavy atom. The van der Waals surface area contributed by atoms with Gasteiger partial charge in [-0.2, -0.15) is 0 Å². The Bertz CT molecular complexity index is 657. The molecule has 0 fully saturated rings. The average Bonchev–Trinajstić information content (AvgIpc) is 2.65. The Kier molecular flexibility index (Phi) is 2.37. The van der Waals surface area contributed by atoms with Crippen LogP contribution in [0.2, 0.25) is 0 Å². The minimum absolute atomic E-state index is 0.0529. The van der Waals surface area contributed by atoms with Gasteiger partial charge < -0.3 is 10.0 Å². The van der Waals surface area contributed by atoms with Crippen LogP contribution in [0, 0.1) is 0 Å². The lowest BCUT2D eigenvalue weighted by Crippen LogP contribution is -2.29. The first-order valence-electron chi connectivity index (χ1n) is 6.11. The van der Waals surface area contributed by atoms with Crippen LogP contribution in [0.3, 0.4) is 0 Å². The summed E-state index contributed by atoms with van der Waals surface area (Å²) in [4.78, 5) is 0. The summed E-state index contributed by atoms with van der Waals surface area (Å²) in [5, 5.41) is 20.8. The Labute approximate surface area is 107 Å². The summed E-state index contributed by atoms with van der Waals surface area (Å²) in [6.07, 6.45) is 4.32. The minimum Gasteiger partial charge on any atom is -0.423 e. The molecule has 0 bridgehead atoms. The molecule has 0 aliphatic heterocycles. The fourth-order valence-electron chi connectivity index (χ4n) is 2.64. The zero-order valence-electron chi connectivity index (χ0n) is 10.5. The van der Waals surface area contributed by atoms with Gasteiger partial charge in [0.1, 0.15) is 0 Å². The van der Waals surface area contributed by atoms with Crippen LogP contribution in [0.1, 0.15) is 25.0 Å². The van der Waals surface area contributed by atoms with Crippen molar-refractivity contribution in [2.75, 3.05) is 0 Å². The summed E-state index contributed by atoms with van der Waals surface area (Å²) in [6.45, 7) is 4.37. The van der Waals surface area contributed by atoms with E-state index in [1.807, 2.05) is 12.1 Å². The Balaban J connectivity index is 2.32. The average molecular weight is 238 g/mol. The fraction of sp³-hybridized carbons (Fsp3) is 0.200. The van der Waals surface area contributed by atoms with Crippen molar-refractivity contribution >= 4 is 29.4 Å². The molecule has 0 spiro atoms. The van der Waals surface area contributed by atoms with Crippen LogP contribution in [-0.4, -0.2) is 17.2 Å². The van der Waals surface area contributed by atoms with Crippen molar-refractivity contribution < 1.29 is 10.0 Å². The third-order valence-corrected chi connectivity index (χ3v) is 3.75. The van der Waals surface area contributed by atoms with Crippen molar-refractivity contribution in [2.45, 2.75) is 19.3 Å². The molecule has 2 aromatic rings. The van der Waals surface area contributed by atoms with E-state index in [1.54, 1.807) is 6.07 Å². The molecule has 0 amide bonds. The molecule has 2 aromatic carbocycles. The van der Waals surface area contributed by atoms with Crippen LogP contribution in [0.4, 0.5) is 0 Å². The van der Waals surface area contributed by atoms with Crippen molar-refractivity contribution in [2.24, 2.45) is 0 Å². The number of fused-ring (bicyclic) bond motifs is 3. The zero-order valence-corrected chi connectivity index (χ0v) is 10.5. The van der Waals surface area contributed by atoms with Gasteiger partial charge in [-0.05, 0) is 27.4 Å². The molecule has 1 aliphatic rings. The second kappa shape index (κ2) is 3.71. The molecule has 0 radical (unpaired) electrons. The van der Waals surface area contributed by atoms with E-state index >= 15 is 0 Å². The Hall–Kier alpha value is -1.58. The third kappa shape index (κ3) is 1.59. The number of allylic oxidation sites excluding steroid dienone is 1. The maximum Gasteiger partial charge on any atom is 0.488 e. The van der Waals surface area contributed by atoms with Crippen molar-refractivity contribution in [3.8, 4) is 0 Å². The van der Waals surface area contributed by atoms with Gasteiger partial charge >= 0.3 is 7.12 Å². The van der Waals surface area contributed by atoms with E-state index in [4.69, 9.17) is 0 Å². The van der Waals surface area contributed by atoms with Crippen LogP contribution < -0.4 is 5.46 Å². The van der Waals surface area contributed by atoms with Gasteiger partial charge in [0.05, 0.1) is 0 Å². The third-order valence-electron chi connectivity index (χ3n) is 3.75. The Morgan fingerprint density at radius 2 is 1.78 bits per heavy atom. The second-order valence-electron chi connectivity index (χ2n) is 5.44. The van der Waals surface area contributed by atoms with Crippen molar-refractivity contribution in [3.63, 3.8) is 0 Å². The SMILES string of the molecule is CC1(C)C=Cc2c1ccc1ccc(B(O)O)cc21. The quantitative estimate of drug-likeness (QED) is 0.744. The number of rotatable bonds is 1. The van der Waals surface area contributed by atoms with Gasteiger partial charge in [-0.3, -0.25) is 0 Å². The van der Waals surface area contributed by atoms with Crippen molar-refractivity contribution in [3.05, 3.63) is 47.5 Å². The highest BCUT2D eigenvalue weighted by molar-refractivity contribution is 6.59. The first-order valence-corrected chi connectivity index (χ1v) is 6.11. The first kappa shape index (κ1) is 11.5. The maximum atomic E-state index is 9.27. The van der Waals surface area contributed by atoms with E-state index in [0.717, 1.165) is 10.8 Å². The largest absolute Gasteiger partial charge is 0.488 e. The molecule has 0 saturated heterocycles. The summed E-state index contributed by atoms with van der Waals surface area (Å²) >= 11 is 0. The highest BCUT2D eigenvalue weighted by atomic mass is 16.4. The normalized spacial score (nSPS) is 16.0. The first-order chi connectivity index (χ1) is 8.49. The lowest BCUT2D eigenvalue weighted by molar-refractivity contribution is 0.426. The molecule has 1 aliphatic carbocycles. The van der Waals surface area contributed by atoms with E-state index in [2.05, 4.69) is 38.1 Å². The molecule has 0 atom stereocenters. The van der Waals surface area contributed by atoms with Gasteiger partial charge in [-0.25, -0.2) is 0 Å². The summed E-state index contributed by atoms with van der Waals surface area (Å²) in [6, 6.07) is 9.81. The summed E-state index contributed by atoms with van der Waals surface area (Å²) in [5.41, 5.74) is 3.07. The van der Waals surface area contributed by atoms with Crippen LogP contribution in [0.5, 0.6) is 0 Å². The molecule has 90 valence electrons. The molecular formula is C15H15BO2. The van der Waals surface area contributed by atoms with Gasteiger partial charge in [-0.1, -0.05) is 56.3 Å². The lowest BCUT2D eigenvalue weighted by Gasteiger charge is -2.18. The highest BCUT2D eigenvalue weighted by Crippen LogP contribution is 2.38. The molecule has 18 heavy (non-hydrogen) atoms. The molecule has 0 unspecified atom stereocenters. The fourth-order valence-corrected chi connectivity index (χ4v) is 2.64. The van der Waals surface area contributed by atoms with Gasteiger partial charge in [0.2, 0.25) is 0 Å². The van der Waals surface area contributed by atoms with Crippen molar-refractivity contribution in [1.29, 1.82) is 0 Å². The summed E-state index contributed by atoms with van der Waals surface area (Å²) in [7, 11) is -1.41. The number of hydrogen-bond donors (Lipinski definition) is 2. The standard InChI is InChI=1S/C15H15BO2/c1-15(2)8-7-12-13-9-11(16(17)18)5-3-10(13)4-6-14(12)15/h3-9,17-18H,1-2H3. The molecule has 0 saturated carbocycles. The minimum atomic E-state index is -1.41.